The number of nitrogens with one attached hydrogen (secondary N) is 1. The highest BCUT2D eigenvalue weighted by Gasteiger charge is 2.38. The summed E-state index contributed by atoms with van der Waals surface area (Å²) in [5.74, 6) is -0.898. The van der Waals surface area contributed by atoms with Gasteiger partial charge in [-0.25, -0.2) is 8.42 Å². The molecule has 1 aliphatic rings. The topological polar surface area (TPSA) is 75.7 Å². The molecule has 0 spiro atoms. The van der Waals surface area contributed by atoms with Crippen molar-refractivity contribution in [3.63, 3.8) is 0 Å². The first-order valence-corrected chi connectivity index (χ1v) is 10.6. The van der Waals surface area contributed by atoms with Gasteiger partial charge in [0.2, 0.25) is 10.0 Å². The first-order chi connectivity index (χ1) is 13.4. The van der Waals surface area contributed by atoms with Gasteiger partial charge in [-0.15, -0.1) is 0 Å². The third kappa shape index (κ3) is 4.71. The molecule has 1 N–H and O–H groups in total. The lowest BCUT2D eigenvalue weighted by Gasteiger charge is -2.34. The van der Waals surface area contributed by atoms with Crippen LogP contribution in [0.2, 0.25) is 10.0 Å². The van der Waals surface area contributed by atoms with Crippen LogP contribution in [0.1, 0.15) is 5.56 Å². The van der Waals surface area contributed by atoms with E-state index in [9.17, 15) is 26.4 Å². The monoisotopic (exact) mass is 468 g/mol. The molecule has 0 fully saturated rings. The summed E-state index contributed by atoms with van der Waals surface area (Å²) in [5, 5.41) is 2.23. The molecule has 3 rings (SSSR count). The Hall–Kier alpha value is -2.17. The number of carbonyl (C=O) groups excluding carboxylic acids is 1. The number of nitrogens with zero attached hydrogens (tertiary/aromatic N) is 1. The summed E-state index contributed by atoms with van der Waals surface area (Å²) >= 11 is 11.5. The first kappa shape index (κ1) is 21.5. The maximum Gasteiger partial charge on any atom is 0.418 e. The van der Waals surface area contributed by atoms with Crippen LogP contribution in [-0.4, -0.2) is 33.2 Å². The summed E-state index contributed by atoms with van der Waals surface area (Å²) in [6, 6.07) is 7.04. The molecule has 0 saturated carbocycles. The van der Waals surface area contributed by atoms with Crippen LogP contribution < -0.4 is 14.4 Å². The zero-order valence-corrected chi connectivity index (χ0v) is 17.0. The number of halogens is 5. The van der Waals surface area contributed by atoms with Crippen molar-refractivity contribution in [1.29, 1.82) is 0 Å². The summed E-state index contributed by atoms with van der Waals surface area (Å²) in [6.07, 6.45) is -5.22. The van der Waals surface area contributed by atoms with Crippen LogP contribution in [-0.2, 0) is 21.0 Å². The minimum Gasteiger partial charge on any atom is -0.476 e. The third-order valence-corrected chi connectivity index (χ3v) is 5.64. The number of alkyl halides is 3. The van der Waals surface area contributed by atoms with E-state index in [0.29, 0.717) is 6.07 Å². The predicted octanol–water partition coefficient (Wildman–Crippen LogP) is 4.18. The molecule has 1 atom stereocenters. The Morgan fingerprint density at radius 1 is 1.17 bits per heavy atom. The molecule has 1 amide bonds. The molecule has 2 aromatic rings. The molecule has 1 unspecified atom stereocenters. The Labute approximate surface area is 174 Å². The summed E-state index contributed by atoms with van der Waals surface area (Å²) in [5.41, 5.74) is -1.53. The van der Waals surface area contributed by atoms with E-state index in [4.69, 9.17) is 27.9 Å². The average molecular weight is 469 g/mol. The molecule has 0 radical (unpaired) electrons. The van der Waals surface area contributed by atoms with Crippen molar-refractivity contribution in [2.24, 2.45) is 0 Å². The van der Waals surface area contributed by atoms with E-state index in [1.165, 1.54) is 24.3 Å². The van der Waals surface area contributed by atoms with E-state index in [1.54, 1.807) is 0 Å². The molecule has 1 aliphatic heterocycles. The summed E-state index contributed by atoms with van der Waals surface area (Å²) in [7, 11) is -3.82. The van der Waals surface area contributed by atoms with E-state index >= 15 is 0 Å². The van der Waals surface area contributed by atoms with Crippen LogP contribution in [0.25, 0.3) is 0 Å². The van der Waals surface area contributed by atoms with Gasteiger partial charge >= 0.3 is 6.18 Å². The number of fused-ring (bicyclic) bond motifs is 1. The second-order valence-corrected chi connectivity index (χ2v) is 8.97. The lowest BCUT2D eigenvalue weighted by Crippen LogP contribution is -2.48. The Morgan fingerprint density at radius 2 is 1.79 bits per heavy atom. The van der Waals surface area contributed by atoms with Crippen LogP contribution in [0.15, 0.2) is 36.4 Å². The lowest BCUT2D eigenvalue weighted by molar-refractivity contribution is -0.137. The van der Waals surface area contributed by atoms with Gasteiger partial charge in [-0.2, -0.15) is 13.2 Å². The number of benzene rings is 2. The number of rotatable bonds is 3. The van der Waals surface area contributed by atoms with Gasteiger partial charge in [0, 0.05) is 10.0 Å². The number of anilines is 2. The highest BCUT2D eigenvalue weighted by molar-refractivity contribution is 7.92. The van der Waals surface area contributed by atoms with Crippen molar-refractivity contribution in [3.05, 3.63) is 52.0 Å². The summed E-state index contributed by atoms with van der Waals surface area (Å²) in [4.78, 5) is 12.6. The zero-order chi connectivity index (χ0) is 21.6. The zero-order valence-electron chi connectivity index (χ0n) is 14.6. The average Bonchev–Trinajstić information content (AvgIpc) is 2.60. The van der Waals surface area contributed by atoms with Crippen LogP contribution in [0.5, 0.6) is 5.75 Å². The van der Waals surface area contributed by atoms with Crippen molar-refractivity contribution >= 4 is 50.5 Å². The number of ether oxygens (including phenoxy) is 1. The Morgan fingerprint density at radius 3 is 2.41 bits per heavy atom. The molecule has 156 valence electrons. The lowest BCUT2D eigenvalue weighted by atomic mass is 10.1. The fourth-order valence-corrected chi connectivity index (χ4v) is 3.99. The van der Waals surface area contributed by atoms with E-state index in [2.05, 4.69) is 5.32 Å². The van der Waals surface area contributed by atoms with Gasteiger partial charge in [0.05, 0.1) is 29.7 Å². The van der Waals surface area contributed by atoms with E-state index in [1.807, 2.05) is 0 Å². The minimum atomic E-state index is -4.76. The highest BCUT2D eigenvalue weighted by Crippen LogP contribution is 2.39. The maximum absolute atomic E-state index is 13.2. The highest BCUT2D eigenvalue weighted by atomic mass is 35.5. The molecule has 0 aromatic heterocycles. The number of hydrogen-bond donors (Lipinski definition) is 1. The van der Waals surface area contributed by atoms with Crippen molar-refractivity contribution in [2.75, 3.05) is 22.4 Å². The number of hydrogen-bond acceptors (Lipinski definition) is 4. The standard InChI is InChI=1S/C17H13Cl2F3N2O4S/c1-29(26,27)24-8-15(28-14-5-3-10(19)7-13(14)24)16(25)23-12-4-2-9(18)6-11(12)17(20,21)22/h2-7,15H,8H2,1H3,(H,23,25). The second kappa shape index (κ2) is 7.58. The van der Waals surface area contributed by atoms with Crippen molar-refractivity contribution in [3.8, 4) is 5.75 Å². The molecule has 1 heterocycles. The van der Waals surface area contributed by atoms with Gasteiger partial charge in [0.25, 0.3) is 5.91 Å². The molecule has 0 saturated heterocycles. The Balaban J connectivity index is 1.93. The molecule has 0 aliphatic carbocycles. The van der Waals surface area contributed by atoms with Crippen LogP contribution in [0.3, 0.4) is 0 Å². The number of amides is 1. The molecular weight excluding hydrogens is 456 g/mol. The maximum atomic E-state index is 13.2. The quantitative estimate of drug-likeness (QED) is 0.732. The second-order valence-electron chi connectivity index (χ2n) is 6.19. The molecule has 2 aromatic carbocycles. The Bertz CT molecular complexity index is 1080. The molecule has 0 bridgehead atoms. The van der Waals surface area contributed by atoms with Gasteiger partial charge in [-0.3, -0.25) is 9.10 Å². The van der Waals surface area contributed by atoms with E-state index in [-0.39, 0.29) is 21.5 Å². The van der Waals surface area contributed by atoms with Gasteiger partial charge < -0.3 is 10.1 Å². The largest absolute Gasteiger partial charge is 0.476 e. The summed E-state index contributed by atoms with van der Waals surface area (Å²) < 4.78 is 70.4. The van der Waals surface area contributed by atoms with Crippen molar-refractivity contribution in [2.45, 2.75) is 12.3 Å². The van der Waals surface area contributed by atoms with Gasteiger partial charge in [0.15, 0.2) is 6.10 Å². The first-order valence-electron chi connectivity index (χ1n) is 7.98. The molecular formula is C17H13Cl2F3N2O4S. The fraction of sp³-hybridized carbons (Fsp3) is 0.235. The van der Waals surface area contributed by atoms with Gasteiger partial charge in [-0.1, -0.05) is 23.2 Å². The fourth-order valence-electron chi connectivity index (χ4n) is 2.75. The molecule has 12 heteroatoms. The molecule has 29 heavy (non-hydrogen) atoms. The number of sulfonamides is 1. The van der Waals surface area contributed by atoms with E-state index in [0.717, 1.165) is 16.6 Å². The summed E-state index contributed by atoms with van der Waals surface area (Å²) in [6.45, 7) is -0.438. The van der Waals surface area contributed by atoms with Gasteiger partial charge in [0.1, 0.15) is 5.75 Å². The third-order valence-electron chi connectivity index (χ3n) is 4.03. The Kier molecular flexibility index (Phi) is 5.63. The smallest absolute Gasteiger partial charge is 0.418 e. The van der Waals surface area contributed by atoms with Crippen molar-refractivity contribution in [1.82, 2.24) is 0 Å². The van der Waals surface area contributed by atoms with Crippen LogP contribution >= 0.6 is 23.2 Å². The van der Waals surface area contributed by atoms with Crippen molar-refractivity contribution < 1.29 is 31.1 Å². The normalized spacial score (nSPS) is 16.8. The molecule has 6 nitrogen and oxygen atoms in total. The SMILES string of the molecule is CS(=O)(=O)N1CC(C(=O)Nc2ccc(Cl)cc2C(F)(F)F)Oc2ccc(Cl)cc21. The minimum absolute atomic E-state index is 0.0541. The van der Waals surface area contributed by atoms with Crippen LogP contribution in [0, 0.1) is 0 Å². The number of carbonyl (C=O) groups is 1. The predicted molar refractivity (Wildman–Crippen MR) is 103 cm³/mol. The van der Waals surface area contributed by atoms with Gasteiger partial charge in [-0.05, 0) is 36.4 Å². The van der Waals surface area contributed by atoms with E-state index < -0.39 is 46.0 Å². The van der Waals surface area contributed by atoms with Crippen LogP contribution in [0.4, 0.5) is 24.5 Å².